The van der Waals surface area contributed by atoms with Gasteiger partial charge in [-0.15, -0.1) is 0 Å². The van der Waals surface area contributed by atoms with Gasteiger partial charge in [-0.2, -0.15) is 0 Å². The maximum atomic E-state index is 12.9. The Morgan fingerprint density at radius 3 is 2.31 bits per heavy atom. The highest BCUT2D eigenvalue weighted by molar-refractivity contribution is 5.93. The van der Waals surface area contributed by atoms with Crippen molar-refractivity contribution in [2.75, 3.05) is 29.5 Å². The standard InChI is InChI=1S/C42H56N4O5/c1-41(2)23-33-24-42(3,27-41)28-46(33)25-34-22-37(30-19-17-29(26-47)18-20-30)51-40(50-34)31-11-10-12-32(21-31)44-38(48)15-6-4-5-7-16-39(49)45-36-14-9-8-13-35(36)43/h8-14,17-21,33-34,37,40,47H,4-7,15-16,22-28,43H2,1-3H3,(H,44,48)(H,45,49). The van der Waals surface area contributed by atoms with Gasteiger partial charge in [-0.3, -0.25) is 14.5 Å². The van der Waals surface area contributed by atoms with E-state index in [9.17, 15) is 14.7 Å². The maximum Gasteiger partial charge on any atom is 0.224 e. The van der Waals surface area contributed by atoms with Gasteiger partial charge in [0.15, 0.2) is 6.29 Å². The number of fused-ring (bicyclic) bond motifs is 2. The van der Waals surface area contributed by atoms with Gasteiger partial charge in [0.2, 0.25) is 11.8 Å². The third kappa shape index (κ3) is 9.98. The van der Waals surface area contributed by atoms with E-state index in [1.165, 1.54) is 19.3 Å². The van der Waals surface area contributed by atoms with Gasteiger partial charge in [0.25, 0.3) is 0 Å². The summed E-state index contributed by atoms with van der Waals surface area (Å²) in [5, 5.41) is 15.5. The van der Waals surface area contributed by atoms with Crippen LogP contribution in [0.5, 0.6) is 0 Å². The summed E-state index contributed by atoms with van der Waals surface area (Å²) in [6.45, 7) is 9.24. The van der Waals surface area contributed by atoms with Gasteiger partial charge in [0.1, 0.15) is 0 Å². The van der Waals surface area contributed by atoms with Gasteiger partial charge in [-0.25, -0.2) is 0 Å². The number of ether oxygens (including phenoxy) is 2. The summed E-state index contributed by atoms with van der Waals surface area (Å²) in [6.07, 6.45) is 7.80. The Morgan fingerprint density at radius 2 is 1.59 bits per heavy atom. The van der Waals surface area contributed by atoms with Gasteiger partial charge in [0, 0.05) is 49.6 Å². The van der Waals surface area contributed by atoms with Crippen LogP contribution in [-0.4, -0.2) is 47.1 Å². The minimum Gasteiger partial charge on any atom is -0.397 e. The average Bonchev–Trinajstić information content (AvgIpc) is 3.34. The van der Waals surface area contributed by atoms with Gasteiger partial charge in [0.05, 0.1) is 30.2 Å². The molecule has 9 heteroatoms. The number of hydrogen-bond acceptors (Lipinski definition) is 7. The number of carbonyl (C=O) groups is 2. The molecule has 3 aliphatic rings. The quantitative estimate of drug-likeness (QED) is 0.0991. The molecule has 2 bridgehead atoms. The number of para-hydroxylation sites is 2. The second kappa shape index (κ2) is 16.3. The Bertz CT molecular complexity index is 1640. The van der Waals surface area contributed by atoms with Crippen molar-refractivity contribution < 1.29 is 24.2 Å². The van der Waals surface area contributed by atoms with Crippen LogP contribution in [0.4, 0.5) is 17.1 Å². The van der Waals surface area contributed by atoms with Gasteiger partial charge >= 0.3 is 0 Å². The van der Waals surface area contributed by atoms with Crippen LogP contribution in [0.25, 0.3) is 0 Å². The average molecular weight is 697 g/mol. The van der Waals surface area contributed by atoms with E-state index in [1.807, 2.05) is 48.5 Å². The fourth-order valence-corrected chi connectivity index (χ4v) is 8.82. The zero-order valence-corrected chi connectivity index (χ0v) is 30.5. The highest BCUT2D eigenvalue weighted by Gasteiger charge is 2.50. The molecule has 2 aliphatic heterocycles. The molecule has 0 spiro atoms. The number of aliphatic hydroxyl groups excluding tert-OH is 1. The van der Waals surface area contributed by atoms with Crippen LogP contribution in [0.1, 0.15) is 114 Å². The zero-order chi connectivity index (χ0) is 36.0. The smallest absolute Gasteiger partial charge is 0.224 e. The molecule has 2 heterocycles. The maximum absolute atomic E-state index is 12.9. The molecule has 3 aromatic rings. The number of unbranched alkanes of at least 4 members (excludes halogenated alkanes) is 3. The summed E-state index contributed by atoms with van der Waals surface area (Å²) in [5.74, 6) is -0.0863. The Labute approximate surface area is 303 Å². The third-order valence-electron chi connectivity index (χ3n) is 10.8. The third-order valence-corrected chi connectivity index (χ3v) is 10.8. The van der Waals surface area contributed by atoms with E-state index in [4.69, 9.17) is 15.2 Å². The summed E-state index contributed by atoms with van der Waals surface area (Å²) in [4.78, 5) is 27.8. The van der Waals surface area contributed by atoms with Crippen LogP contribution in [0.3, 0.4) is 0 Å². The molecule has 2 amide bonds. The number of aliphatic hydroxyl groups is 1. The van der Waals surface area contributed by atoms with E-state index in [0.29, 0.717) is 41.1 Å². The zero-order valence-electron chi connectivity index (χ0n) is 30.5. The molecule has 3 fully saturated rings. The van der Waals surface area contributed by atoms with E-state index in [1.54, 1.807) is 12.1 Å². The molecule has 3 aromatic carbocycles. The van der Waals surface area contributed by atoms with Gasteiger partial charge in [-0.05, 0) is 78.3 Å². The normalized spacial score (nSPS) is 25.7. The predicted molar refractivity (Wildman–Crippen MR) is 202 cm³/mol. The molecule has 2 saturated heterocycles. The van der Waals surface area contributed by atoms with Gasteiger partial charge < -0.3 is 30.9 Å². The largest absolute Gasteiger partial charge is 0.397 e. The SMILES string of the molecule is CC1(C)CC2CC(C)(CN2CC2CC(c3ccc(CO)cc3)OC(c3cccc(NC(=O)CCCCCCC(=O)Nc4ccccc4N)c3)O2)C1. The highest BCUT2D eigenvalue weighted by atomic mass is 16.7. The van der Waals surface area contributed by atoms with E-state index in [0.717, 1.165) is 67.6 Å². The van der Waals surface area contributed by atoms with Gasteiger partial charge in [-0.1, -0.05) is 82.1 Å². The molecule has 5 unspecified atom stereocenters. The van der Waals surface area contributed by atoms with Crippen LogP contribution < -0.4 is 16.4 Å². The molecule has 1 saturated carbocycles. The van der Waals surface area contributed by atoms with Crippen molar-refractivity contribution >= 4 is 28.9 Å². The number of anilines is 3. The van der Waals surface area contributed by atoms with Crippen LogP contribution in [0, 0.1) is 10.8 Å². The second-order valence-electron chi connectivity index (χ2n) is 16.2. The Morgan fingerprint density at radius 1 is 0.863 bits per heavy atom. The molecule has 0 aromatic heterocycles. The molecule has 9 nitrogen and oxygen atoms in total. The minimum absolute atomic E-state index is 0.00825. The highest BCUT2D eigenvalue weighted by Crippen LogP contribution is 2.53. The number of amides is 2. The molecule has 6 rings (SSSR count). The Kier molecular flexibility index (Phi) is 11.8. The van der Waals surface area contributed by atoms with E-state index in [2.05, 4.69) is 48.4 Å². The molecule has 274 valence electrons. The van der Waals surface area contributed by atoms with Crippen molar-refractivity contribution in [3.05, 3.63) is 89.5 Å². The van der Waals surface area contributed by atoms with Crippen LogP contribution in [0.2, 0.25) is 0 Å². The number of nitrogens with two attached hydrogens (primary N) is 1. The van der Waals surface area contributed by atoms with Crippen LogP contribution >= 0.6 is 0 Å². The van der Waals surface area contributed by atoms with Crippen molar-refractivity contribution in [1.82, 2.24) is 4.90 Å². The first-order valence-electron chi connectivity index (χ1n) is 18.8. The lowest BCUT2D eigenvalue weighted by Crippen LogP contribution is -2.42. The summed E-state index contributed by atoms with van der Waals surface area (Å²) in [6, 6.07) is 23.6. The molecule has 5 N–H and O–H groups in total. The first-order valence-corrected chi connectivity index (χ1v) is 18.8. The van der Waals surface area contributed by atoms with Crippen LogP contribution in [0.15, 0.2) is 72.8 Å². The second-order valence-corrected chi connectivity index (χ2v) is 16.2. The molecule has 5 atom stereocenters. The fourth-order valence-electron chi connectivity index (χ4n) is 8.82. The number of likely N-dealkylation sites (tertiary alicyclic amines) is 1. The number of nitrogens with zero attached hydrogens (tertiary/aromatic N) is 1. The fraction of sp³-hybridized carbons (Fsp3) is 0.524. The first kappa shape index (κ1) is 37.0. The summed E-state index contributed by atoms with van der Waals surface area (Å²) in [7, 11) is 0. The molecule has 51 heavy (non-hydrogen) atoms. The van der Waals surface area contributed by atoms with Crippen molar-refractivity contribution in [2.45, 2.75) is 116 Å². The number of carbonyl (C=O) groups excluding carboxylic acids is 2. The number of rotatable bonds is 14. The molecular weight excluding hydrogens is 640 g/mol. The van der Waals surface area contributed by atoms with Crippen LogP contribution in [-0.2, 0) is 25.7 Å². The monoisotopic (exact) mass is 696 g/mol. The lowest BCUT2D eigenvalue weighted by atomic mass is 9.65. The predicted octanol–water partition coefficient (Wildman–Crippen LogP) is 8.12. The van der Waals surface area contributed by atoms with E-state index < -0.39 is 6.29 Å². The van der Waals surface area contributed by atoms with E-state index in [-0.39, 0.29) is 30.6 Å². The summed E-state index contributed by atoms with van der Waals surface area (Å²) < 4.78 is 13.4. The summed E-state index contributed by atoms with van der Waals surface area (Å²) >= 11 is 0. The topological polar surface area (TPSA) is 126 Å². The lowest BCUT2D eigenvalue weighted by Gasteiger charge is -2.41. The number of nitrogen functional groups attached to an aromatic ring is 1. The van der Waals surface area contributed by atoms with Crippen molar-refractivity contribution in [2.24, 2.45) is 10.8 Å². The molecule has 0 radical (unpaired) electrons. The van der Waals surface area contributed by atoms with Crippen molar-refractivity contribution in [3.8, 4) is 0 Å². The summed E-state index contributed by atoms with van der Waals surface area (Å²) in [5.41, 5.74) is 11.3. The minimum atomic E-state index is -0.576. The number of hydrogen-bond donors (Lipinski definition) is 4. The lowest BCUT2D eigenvalue weighted by molar-refractivity contribution is -0.253. The Balaban J connectivity index is 1.02. The van der Waals surface area contributed by atoms with E-state index >= 15 is 0 Å². The van der Waals surface area contributed by atoms with Crippen molar-refractivity contribution in [3.63, 3.8) is 0 Å². The van der Waals surface area contributed by atoms with Crippen molar-refractivity contribution in [1.29, 1.82) is 0 Å². The first-order chi connectivity index (χ1) is 24.5. The number of nitrogens with one attached hydrogen (secondary N) is 2. The number of benzene rings is 3. The molecular formula is C42H56N4O5. The molecule has 1 aliphatic carbocycles. The Hall–Kier alpha value is -3.76.